The van der Waals surface area contributed by atoms with E-state index in [1.807, 2.05) is 11.6 Å². The summed E-state index contributed by atoms with van der Waals surface area (Å²) in [5.41, 5.74) is 0.918. The van der Waals surface area contributed by atoms with Crippen molar-refractivity contribution in [1.82, 2.24) is 14.9 Å². The minimum absolute atomic E-state index is 0.0116. The largest absolute Gasteiger partial charge is 0.365 e. The summed E-state index contributed by atoms with van der Waals surface area (Å²) in [5.74, 6) is -0.132. The number of nitrogens with one attached hydrogen (secondary N) is 2. The fourth-order valence-corrected chi connectivity index (χ4v) is 2.95. The Morgan fingerprint density at radius 1 is 1.35 bits per heavy atom. The molecule has 0 bridgehead atoms. The zero-order valence-electron chi connectivity index (χ0n) is 12.9. The topological polar surface area (TPSA) is 105 Å². The molecule has 3 amide bonds. The molecule has 23 heavy (non-hydrogen) atoms. The predicted molar refractivity (Wildman–Crippen MR) is 82.3 cm³/mol. The molecule has 1 atom stereocenters. The van der Waals surface area contributed by atoms with Gasteiger partial charge in [-0.2, -0.15) is 0 Å². The average Bonchev–Trinajstić information content (AvgIpc) is 2.48. The first-order chi connectivity index (χ1) is 10.8. The van der Waals surface area contributed by atoms with Gasteiger partial charge in [-0.05, 0) is 19.1 Å². The van der Waals surface area contributed by atoms with E-state index in [4.69, 9.17) is 4.74 Å². The van der Waals surface area contributed by atoms with Crippen LogP contribution in [0.2, 0.25) is 0 Å². The van der Waals surface area contributed by atoms with Gasteiger partial charge in [0, 0.05) is 20.1 Å². The maximum atomic E-state index is 12.0. The fraction of sp³-hybridized carbons (Fsp3) is 0.429. The van der Waals surface area contributed by atoms with Crippen LogP contribution < -0.4 is 10.0 Å². The van der Waals surface area contributed by atoms with Crippen LogP contribution in [0.3, 0.4) is 0 Å². The second-order valence-electron chi connectivity index (χ2n) is 5.34. The lowest BCUT2D eigenvalue weighted by molar-refractivity contribution is -0.146. The predicted octanol–water partition coefficient (Wildman–Crippen LogP) is -0.160. The minimum Gasteiger partial charge on any atom is -0.365 e. The Morgan fingerprint density at radius 3 is 2.61 bits per heavy atom. The molecule has 1 aliphatic rings. The van der Waals surface area contributed by atoms with Crippen molar-refractivity contribution in [3.05, 3.63) is 29.8 Å². The van der Waals surface area contributed by atoms with Crippen LogP contribution in [0.1, 0.15) is 5.56 Å². The van der Waals surface area contributed by atoms with E-state index in [0.29, 0.717) is 6.54 Å². The third-order valence-corrected chi connectivity index (χ3v) is 4.74. The van der Waals surface area contributed by atoms with Gasteiger partial charge in [0.2, 0.25) is 5.91 Å². The summed E-state index contributed by atoms with van der Waals surface area (Å²) in [6.07, 6.45) is -0.370. The van der Waals surface area contributed by atoms with Gasteiger partial charge in [0.25, 0.3) is 10.0 Å². The van der Waals surface area contributed by atoms with E-state index in [2.05, 4.69) is 5.32 Å². The second-order valence-corrected chi connectivity index (χ2v) is 7.02. The van der Waals surface area contributed by atoms with Gasteiger partial charge in [-0.3, -0.25) is 4.79 Å². The van der Waals surface area contributed by atoms with Crippen molar-refractivity contribution in [3.63, 3.8) is 0 Å². The van der Waals surface area contributed by atoms with Crippen LogP contribution in [-0.4, -0.2) is 58.1 Å². The van der Waals surface area contributed by atoms with Crippen molar-refractivity contribution in [2.75, 3.05) is 26.7 Å². The number of carbonyl (C=O) groups excluding carboxylic acids is 2. The lowest BCUT2D eigenvalue weighted by atomic mass is 10.2. The third-order valence-electron chi connectivity index (χ3n) is 3.39. The molecule has 1 aliphatic heterocycles. The number of benzene rings is 1. The maximum Gasteiger partial charge on any atom is 0.328 e. The summed E-state index contributed by atoms with van der Waals surface area (Å²) >= 11 is 0. The van der Waals surface area contributed by atoms with Crippen molar-refractivity contribution in [3.8, 4) is 0 Å². The Bertz CT molecular complexity index is 687. The zero-order chi connectivity index (χ0) is 17.0. The molecule has 8 nitrogen and oxygen atoms in total. The summed E-state index contributed by atoms with van der Waals surface area (Å²) in [6.45, 7) is 2.23. The molecular formula is C14H19N3O5S. The fourth-order valence-electron chi connectivity index (χ4n) is 2.02. The van der Waals surface area contributed by atoms with Crippen LogP contribution in [0, 0.1) is 6.92 Å². The van der Waals surface area contributed by atoms with Crippen LogP contribution in [0.5, 0.6) is 0 Å². The molecule has 1 heterocycles. The molecule has 1 aromatic carbocycles. The van der Waals surface area contributed by atoms with Crippen LogP contribution in [0.25, 0.3) is 0 Å². The summed E-state index contributed by atoms with van der Waals surface area (Å²) < 4.78 is 31.3. The lowest BCUT2D eigenvalue weighted by Crippen LogP contribution is -2.50. The standard InChI is InChI=1S/C14H19N3O5S/c1-10-3-5-12(6-4-10)23(20,21)16-14(19)15-7-11-8-17(2)13(18)9-22-11/h3-6,11H,7-9H2,1-2H3,(H2,15,16,19). The van der Waals surface area contributed by atoms with Crippen molar-refractivity contribution in [2.24, 2.45) is 0 Å². The highest BCUT2D eigenvalue weighted by Gasteiger charge is 2.24. The molecule has 2 N–H and O–H groups in total. The summed E-state index contributed by atoms with van der Waals surface area (Å²) in [4.78, 5) is 24.5. The molecule has 2 rings (SSSR count). The number of ether oxygens (including phenoxy) is 1. The smallest absolute Gasteiger partial charge is 0.328 e. The van der Waals surface area contributed by atoms with Gasteiger partial charge in [0.05, 0.1) is 11.0 Å². The Kier molecular flexibility index (Phi) is 5.22. The first-order valence-corrected chi connectivity index (χ1v) is 8.49. The monoisotopic (exact) mass is 341 g/mol. The summed E-state index contributed by atoms with van der Waals surface area (Å²) in [5, 5.41) is 2.43. The first-order valence-electron chi connectivity index (χ1n) is 7.01. The molecule has 0 radical (unpaired) electrons. The molecule has 0 saturated carbocycles. The van der Waals surface area contributed by atoms with Gasteiger partial charge in [-0.15, -0.1) is 0 Å². The number of amides is 3. The molecule has 1 fully saturated rings. The second kappa shape index (κ2) is 6.97. The molecule has 1 aromatic rings. The molecule has 1 unspecified atom stereocenters. The van der Waals surface area contributed by atoms with Gasteiger partial charge >= 0.3 is 6.03 Å². The molecule has 9 heteroatoms. The highest BCUT2D eigenvalue weighted by atomic mass is 32.2. The van der Waals surface area contributed by atoms with Crippen LogP contribution in [0.4, 0.5) is 4.79 Å². The Hall–Kier alpha value is -2.13. The van der Waals surface area contributed by atoms with Gasteiger partial charge < -0.3 is 15.0 Å². The number of carbonyl (C=O) groups is 2. The van der Waals surface area contributed by atoms with Gasteiger partial charge in [0.15, 0.2) is 0 Å². The van der Waals surface area contributed by atoms with Gasteiger partial charge in [-0.1, -0.05) is 17.7 Å². The highest BCUT2D eigenvalue weighted by Crippen LogP contribution is 2.09. The van der Waals surface area contributed by atoms with E-state index in [-0.39, 0.29) is 30.1 Å². The highest BCUT2D eigenvalue weighted by molar-refractivity contribution is 7.90. The molecule has 126 valence electrons. The SMILES string of the molecule is Cc1ccc(S(=O)(=O)NC(=O)NCC2CN(C)C(=O)CO2)cc1. The summed E-state index contributed by atoms with van der Waals surface area (Å²) in [7, 11) is -2.28. The Balaban J connectivity index is 1.87. The summed E-state index contributed by atoms with van der Waals surface area (Å²) in [6, 6.07) is 5.31. The molecule has 0 aliphatic carbocycles. The Morgan fingerprint density at radius 2 is 2.00 bits per heavy atom. The van der Waals surface area contributed by atoms with Crippen LogP contribution in [0.15, 0.2) is 29.2 Å². The number of hydrogen-bond acceptors (Lipinski definition) is 5. The molecule has 0 aromatic heterocycles. The van der Waals surface area contributed by atoms with Gasteiger partial charge in [-0.25, -0.2) is 17.9 Å². The Labute approximate surface area is 134 Å². The number of rotatable bonds is 4. The molecular weight excluding hydrogens is 322 g/mol. The number of hydrogen-bond donors (Lipinski definition) is 2. The quantitative estimate of drug-likeness (QED) is 0.792. The van der Waals surface area contributed by atoms with E-state index in [1.165, 1.54) is 17.0 Å². The van der Waals surface area contributed by atoms with Gasteiger partial charge in [0.1, 0.15) is 6.61 Å². The van der Waals surface area contributed by atoms with Crippen LogP contribution >= 0.6 is 0 Å². The first kappa shape index (κ1) is 17.2. The van der Waals surface area contributed by atoms with Crippen molar-refractivity contribution < 1.29 is 22.7 Å². The number of urea groups is 1. The van der Waals surface area contributed by atoms with E-state index in [0.717, 1.165) is 5.56 Å². The number of aryl methyl sites for hydroxylation is 1. The number of sulfonamides is 1. The average molecular weight is 341 g/mol. The number of morpholine rings is 1. The maximum absolute atomic E-state index is 12.0. The van der Waals surface area contributed by atoms with E-state index < -0.39 is 16.1 Å². The van der Waals surface area contributed by atoms with Crippen molar-refractivity contribution in [2.45, 2.75) is 17.9 Å². The number of nitrogens with zero attached hydrogens (tertiary/aromatic N) is 1. The van der Waals surface area contributed by atoms with Crippen molar-refractivity contribution in [1.29, 1.82) is 0 Å². The molecule has 0 spiro atoms. The van der Waals surface area contributed by atoms with E-state index >= 15 is 0 Å². The third kappa shape index (κ3) is 4.67. The van der Waals surface area contributed by atoms with Crippen molar-refractivity contribution >= 4 is 22.0 Å². The minimum atomic E-state index is -3.92. The van der Waals surface area contributed by atoms with E-state index in [9.17, 15) is 18.0 Å². The molecule has 1 saturated heterocycles. The van der Waals surface area contributed by atoms with Crippen LogP contribution in [-0.2, 0) is 19.6 Å². The lowest BCUT2D eigenvalue weighted by Gasteiger charge is -2.29. The van der Waals surface area contributed by atoms with E-state index in [1.54, 1.807) is 19.2 Å². The number of likely N-dealkylation sites (N-methyl/N-ethyl adjacent to an activating group) is 1. The normalized spacial score (nSPS) is 18.6. The zero-order valence-corrected chi connectivity index (χ0v) is 13.7.